The fraction of sp³-hybridized carbons (Fsp3) is 0.200. The predicted molar refractivity (Wildman–Crippen MR) is 55.9 cm³/mol. The average molecular weight is 177 g/mol. The van der Waals surface area contributed by atoms with Crippen LogP contribution in [0.5, 0.6) is 0 Å². The van der Waals surface area contributed by atoms with Crippen molar-refractivity contribution < 1.29 is 0 Å². The minimum atomic E-state index is 0.836. The number of rotatable bonds is 1. The Bertz CT molecular complexity index is 300. The van der Waals surface area contributed by atoms with Gasteiger partial charge in [0.15, 0.2) is 0 Å². The Morgan fingerprint density at radius 2 is 1.92 bits per heavy atom. The summed E-state index contributed by atoms with van der Waals surface area (Å²) in [6.07, 6.45) is 3.49. The van der Waals surface area contributed by atoms with Gasteiger partial charge in [0.2, 0.25) is 0 Å². The molecule has 2 heteroatoms. The van der Waals surface area contributed by atoms with Crippen molar-refractivity contribution in [3.8, 4) is 0 Å². The number of benzene rings is 1. The van der Waals surface area contributed by atoms with Gasteiger partial charge in [-0.25, -0.2) is 0 Å². The normalized spacial score (nSPS) is 16.2. The van der Waals surface area contributed by atoms with E-state index >= 15 is 0 Å². The topological polar surface area (TPSA) is 26.0 Å². The lowest BCUT2D eigenvalue weighted by Gasteiger charge is -2.00. The van der Waals surface area contributed by atoms with Crippen LogP contribution in [0.4, 0.5) is 5.69 Å². The summed E-state index contributed by atoms with van der Waals surface area (Å²) in [4.78, 5) is 1.40. The van der Waals surface area contributed by atoms with E-state index in [-0.39, 0.29) is 0 Å². The van der Waals surface area contributed by atoms with Crippen molar-refractivity contribution in [2.75, 3.05) is 11.5 Å². The van der Waals surface area contributed by atoms with E-state index in [4.69, 9.17) is 5.73 Å². The summed E-state index contributed by atoms with van der Waals surface area (Å²) < 4.78 is 0. The second kappa shape index (κ2) is 3.23. The summed E-state index contributed by atoms with van der Waals surface area (Å²) in [5, 5.41) is 0. The Morgan fingerprint density at radius 1 is 1.17 bits per heavy atom. The van der Waals surface area contributed by atoms with Crippen molar-refractivity contribution in [2.45, 2.75) is 6.42 Å². The van der Waals surface area contributed by atoms with Crippen LogP contribution in [-0.2, 0) is 0 Å². The zero-order valence-corrected chi connectivity index (χ0v) is 7.60. The summed E-state index contributed by atoms with van der Waals surface area (Å²) >= 11 is 1.92. The van der Waals surface area contributed by atoms with Crippen LogP contribution in [0.15, 0.2) is 30.3 Å². The number of nitrogens with two attached hydrogens (primary N) is 1. The van der Waals surface area contributed by atoms with Crippen molar-refractivity contribution >= 4 is 22.4 Å². The molecule has 0 spiro atoms. The van der Waals surface area contributed by atoms with E-state index < -0.39 is 0 Å². The molecule has 0 radical (unpaired) electrons. The molecule has 1 aromatic carbocycles. The van der Waals surface area contributed by atoms with E-state index in [9.17, 15) is 0 Å². The van der Waals surface area contributed by atoms with Crippen LogP contribution in [0.25, 0.3) is 4.91 Å². The number of hydrogen-bond acceptors (Lipinski definition) is 2. The maximum absolute atomic E-state index is 5.60. The lowest BCUT2D eigenvalue weighted by atomic mass is 10.2. The second-order valence-electron chi connectivity index (χ2n) is 2.83. The molecule has 0 saturated heterocycles. The van der Waals surface area contributed by atoms with Crippen LogP contribution < -0.4 is 5.73 Å². The Labute approximate surface area is 76.7 Å². The molecule has 0 amide bonds. The molecule has 0 saturated carbocycles. The first-order valence-corrected chi connectivity index (χ1v) is 5.04. The van der Waals surface area contributed by atoms with Crippen molar-refractivity contribution in [1.29, 1.82) is 0 Å². The molecule has 2 N–H and O–H groups in total. The molecule has 0 unspecified atom stereocenters. The molecule has 12 heavy (non-hydrogen) atoms. The molecule has 0 fully saturated rings. The molecule has 1 heterocycles. The molecular formula is C10H11NS. The van der Waals surface area contributed by atoms with Gasteiger partial charge in [-0.2, -0.15) is 0 Å². The molecule has 0 bridgehead atoms. The molecule has 2 rings (SSSR count). The molecule has 0 aromatic heterocycles. The van der Waals surface area contributed by atoms with E-state index in [1.54, 1.807) is 0 Å². The van der Waals surface area contributed by atoms with Crippen LogP contribution in [-0.4, -0.2) is 5.75 Å². The Kier molecular flexibility index (Phi) is 2.09. The highest BCUT2D eigenvalue weighted by Gasteiger charge is 2.06. The van der Waals surface area contributed by atoms with Gasteiger partial charge in [0.1, 0.15) is 0 Å². The third-order valence-electron chi connectivity index (χ3n) is 1.90. The SMILES string of the molecule is Nc1ccc(C2=CCCS2)cc1. The van der Waals surface area contributed by atoms with Crippen molar-refractivity contribution in [2.24, 2.45) is 0 Å². The van der Waals surface area contributed by atoms with Crippen LogP contribution in [0.2, 0.25) is 0 Å². The Morgan fingerprint density at radius 3 is 2.50 bits per heavy atom. The van der Waals surface area contributed by atoms with Gasteiger partial charge in [-0.3, -0.25) is 0 Å². The molecule has 0 aliphatic carbocycles. The lowest BCUT2D eigenvalue weighted by molar-refractivity contribution is 1.28. The summed E-state index contributed by atoms with van der Waals surface area (Å²) in [6, 6.07) is 8.07. The molecule has 0 atom stereocenters. The average Bonchev–Trinajstić information content (AvgIpc) is 2.58. The highest BCUT2D eigenvalue weighted by Crippen LogP contribution is 2.33. The number of nitrogen functional groups attached to an aromatic ring is 1. The maximum atomic E-state index is 5.60. The van der Waals surface area contributed by atoms with E-state index in [2.05, 4.69) is 18.2 Å². The quantitative estimate of drug-likeness (QED) is 0.667. The highest BCUT2D eigenvalue weighted by atomic mass is 32.2. The second-order valence-corrected chi connectivity index (χ2v) is 3.96. The minimum absolute atomic E-state index is 0.836. The molecular weight excluding hydrogens is 166 g/mol. The van der Waals surface area contributed by atoms with Gasteiger partial charge in [0.05, 0.1) is 0 Å². The van der Waals surface area contributed by atoms with E-state index in [1.165, 1.54) is 22.6 Å². The zero-order chi connectivity index (χ0) is 8.39. The number of thioether (sulfide) groups is 1. The zero-order valence-electron chi connectivity index (χ0n) is 6.79. The Hall–Kier alpha value is -0.890. The van der Waals surface area contributed by atoms with Crippen LogP contribution in [0.1, 0.15) is 12.0 Å². The first kappa shape index (κ1) is 7.74. The van der Waals surface area contributed by atoms with Gasteiger partial charge in [-0.05, 0) is 24.1 Å². The lowest BCUT2D eigenvalue weighted by Crippen LogP contribution is -1.84. The predicted octanol–water partition coefficient (Wildman–Crippen LogP) is 2.75. The van der Waals surface area contributed by atoms with Gasteiger partial charge >= 0.3 is 0 Å². The Balaban J connectivity index is 2.28. The van der Waals surface area contributed by atoms with E-state index in [0.29, 0.717) is 0 Å². The van der Waals surface area contributed by atoms with Gasteiger partial charge < -0.3 is 5.73 Å². The maximum Gasteiger partial charge on any atom is 0.0314 e. The van der Waals surface area contributed by atoms with Gasteiger partial charge in [-0.15, -0.1) is 11.8 Å². The van der Waals surface area contributed by atoms with Crippen LogP contribution >= 0.6 is 11.8 Å². The fourth-order valence-electron chi connectivity index (χ4n) is 1.27. The molecule has 1 aromatic rings. The third-order valence-corrected chi connectivity index (χ3v) is 3.05. The number of allylic oxidation sites excluding steroid dienone is 1. The van der Waals surface area contributed by atoms with E-state index in [1.807, 2.05) is 23.9 Å². The number of anilines is 1. The summed E-state index contributed by atoms with van der Waals surface area (Å²) in [5.74, 6) is 1.22. The summed E-state index contributed by atoms with van der Waals surface area (Å²) in [7, 11) is 0. The fourth-order valence-corrected chi connectivity index (χ4v) is 2.26. The molecule has 1 aliphatic rings. The molecule has 62 valence electrons. The van der Waals surface area contributed by atoms with Crippen LogP contribution in [0, 0.1) is 0 Å². The first-order chi connectivity index (χ1) is 5.86. The van der Waals surface area contributed by atoms with Crippen LogP contribution in [0.3, 0.4) is 0 Å². The highest BCUT2D eigenvalue weighted by molar-refractivity contribution is 8.08. The first-order valence-electron chi connectivity index (χ1n) is 4.05. The number of hydrogen-bond donors (Lipinski definition) is 1. The van der Waals surface area contributed by atoms with Crippen molar-refractivity contribution in [1.82, 2.24) is 0 Å². The monoisotopic (exact) mass is 177 g/mol. The third kappa shape index (κ3) is 1.48. The van der Waals surface area contributed by atoms with Gasteiger partial charge in [-0.1, -0.05) is 18.2 Å². The minimum Gasteiger partial charge on any atom is -0.399 e. The molecule has 1 nitrogen and oxygen atoms in total. The standard InChI is InChI=1S/C10H11NS/c11-9-5-3-8(4-6-9)10-2-1-7-12-10/h2-6H,1,7,11H2. The summed E-state index contributed by atoms with van der Waals surface area (Å²) in [6.45, 7) is 0. The van der Waals surface area contributed by atoms with Crippen molar-refractivity contribution in [3.63, 3.8) is 0 Å². The van der Waals surface area contributed by atoms with Gasteiger partial charge in [0.25, 0.3) is 0 Å². The van der Waals surface area contributed by atoms with E-state index in [0.717, 1.165) is 5.69 Å². The smallest absolute Gasteiger partial charge is 0.0314 e. The largest absolute Gasteiger partial charge is 0.399 e. The van der Waals surface area contributed by atoms with Gasteiger partial charge in [0, 0.05) is 16.3 Å². The molecule has 1 aliphatic heterocycles. The van der Waals surface area contributed by atoms with Crippen molar-refractivity contribution in [3.05, 3.63) is 35.9 Å². The summed E-state index contributed by atoms with van der Waals surface area (Å²) in [5.41, 5.74) is 7.73.